The Morgan fingerprint density at radius 2 is 1.45 bits per heavy atom. The van der Waals surface area contributed by atoms with Gasteiger partial charge in [-0.15, -0.1) is 0 Å². The second-order valence-corrected chi connectivity index (χ2v) is 16.0. The third-order valence-corrected chi connectivity index (χ3v) is 13.0. The molecule has 6 atom stereocenters. The number of halogens is 1. The predicted molar refractivity (Wildman–Crippen MR) is 228 cm³/mol. The Labute approximate surface area is 352 Å². The molecule has 0 radical (unpaired) electrons. The SMILES string of the molecule is COc1ccc(OC)c(C=Cc2ccc(N3C(=O)[C@H]4[C@H](CC=C5[C@H]4C[C@H]4C(=O)N(c6cccc(Cl)c6)C(=O)[C@@]4(c4ccccc4)[C@H]5c4cccc(OC)c4O)C3=O)cc2)c1. The van der Waals surface area contributed by atoms with Gasteiger partial charge in [0.05, 0.1) is 55.9 Å². The van der Waals surface area contributed by atoms with E-state index in [4.69, 9.17) is 25.8 Å². The molecule has 10 nitrogen and oxygen atoms in total. The lowest BCUT2D eigenvalue weighted by Gasteiger charge is -2.50. The third-order valence-electron chi connectivity index (χ3n) is 12.8. The van der Waals surface area contributed by atoms with Crippen LogP contribution in [0.1, 0.15) is 41.0 Å². The van der Waals surface area contributed by atoms with E-state index >= 15 is 9.59 Å². The maximum absolute atomic E-state index is 15.5. The lowest BCUT2D eigenvalue weighted by Crippen LogP contribution is -2.53. The first-order chi connectivity index (χ1) is 29.1. The number of imide groups is 2. The van der Waals surface area contributed by atoms with Gasteiger partial charge in [0.15, 0.2) is 11.5 Å². The summed E-state index contributed by atoms with van der Waals surface area (Å²) >= 11 is 6.44. The van der Waals surface area contributed by atoms with E-state index in [2.05, 4.69) is 0 Å². The zero-order valence-electron chi connectivity index (χ0n) is 33.1. The molecule has 60 heavy (non-hydrogen) atoms. The quantitative estimate of drug-likeness (QED) is 0.0892. The summed E-state index contributed by atoms with van der Waals surface area (Å²) in [4.78, 5) is 62.2. The number of ether oxygens (including phenoxy) is 3. The van der Waals surface area contributed by atoms with Gasteiger partial charge in [0, 0.05) is 22.1 Å². The molecule has 9 rings (SSSR count). The minimum atomic E-state index is -1.54. The highest BCUT2D eigenvalue weighted by Gasteiger charge is 2.70. The minimum absolute atomic E-state index is 0.120. The molecular weight excluding hydrogens is 780 g/mol. The normalized spacial score (nSPS) is 24.6. The number of benzene rings is 5. The Kier molecular flexibility index (Phi) is 9.83. The fourth-order valence-corrected chi connectivity index (χ4v) is 10.4. The first-order valence-corrected chi connectivity index (χ1v) is 20.1. The number of nitrogens with zero attached hydrogens (tertiary/aromatic N) is 2. The number of allylic oxidation sites excluding steroid dienone is 2. The molecule has 4 amide bonds. The van der Waals surface area contributed by atoms with Crippen molar-refractivity contribution in [3.8, 4) is 23.0 Å². The molecule has 3 fully saturated rings. The molecule has 5 aromatic carbocycles. The number of methoxy groups -OCH3 is 3. The number of rotatable bonds is 9. The number of phenols is 1. The van der Waals surface area contributed by atoms with Crippen LogP contribution >= 0.6 is 11.6 Å². The Morgan fingerprint density at radius 3 is 2.17 bits per heavy atom. The number of amides is 4. The maximum Gasteiger partial charge on any atom is 0.246 e. The van der Waals surface area contributed by atoms with Crippen molar-refractivity contribution in [3.63, 3.8) is 0 Å². The Balaban J connectivity index is 1.13. The van der Waals surface area contributed by atoms with Gasteiger partial charge in [-0.2, -0.15) is 0 Å². The highest BCUT2D eigenvalue weighted by Crippen LogP contribution is 2.65. The summed E-state index contributed by atoms with van der Waals surface area (Å²) < 4.78 is 16.5. The number of aromatic hydroxyl groups is 1. The van der Waals surface area contributed by atoms with Crippen LogP contribution in [0, 0.1) is 23.7 Å². The summed E-state index contributed by atoms with van der Waals surface area (Å²) in [5.74, 6) is -4.19. The van der Waals surface area contributed by atoms with Crippen LogP contribution in [0.5, 0.6) is 23.0 Å². The largest absolute Gasteiger partial charge is 0.504 e. The molecule has 0 bridgehead atoms. The van der Waals surface area contributed by atoms with E-state index in [1.165, 1.54) is 16.9 Å². The average molecular weight is 821 g/mol. The van der Waals surface area contributed by atoms with Crippen molar-refractivity contribution in [3.05, 3.63) is 154 Å². The summed E-state index contributed by atoms with van der Waals surface area (Å²) in [5.41, 5.74) is 2.59. The molecule has 302 valence electrons. The van der Waals surface area contributed by atoms with Crippen molar-refractivity contribution < 1.29 is 38.5 Å². The van der Waals surface area contributed by atoms with E-state index in [1.54, 1.807) is 68.8 Å². The number of carbonyl (C=O) groups is 4. The zero-order valence-corrected chi connectivity index (χ0v) is 33.8. The second kappa shape index (κ2) is 15.2. The second-order valence-electron chi connectivity index (χ2n) is 15.5. The number of fused-ring (bicyclic) bond motifs is 4. The lowest BCUT2D eigenvalue weighted by molar-refractivity contribution is -0.127. The third kappa shape index (κ3) is 5.92. The number of anilines is 2. The van der Waals surface area contributed by atoms with E-state index in [0.717, 1.165) is 16.7 Å². The molecule has 0 unspecified atom stereocenters. The van der Waals surface area contributed by atoms with Crippen molar-refractivity contribution in [2.45, 2.75) is 24.2 Å². The smallest absolute Gasteiger partial charge is 0.246 e. The van der Waals surface area contributed by atoms with Crippen molar-refractivity contribution in [1.29, 1.82) is 0 Å². The van der Waals surface area contributed by atoms with E-state index in [-0.39, 0.29) is 36.2 Å². The molecule has 2 aliphatic heterocycles. The van der Waals surface area contributed by atoms with E-state index in [9.17, 15) is 14.7 Å². The van der Waals surface area contributed by atoms with Gasteiger partial charge < -0.3 is 19.3 Å². The summed E-state index contributed by atoms with van der Waals surface area (Å²) in [6, 6.07) is 33.6. The van der Waals surface area contributed by atoms with Crippen LogP contribution < -0.4 is 24.0 Å². The summed E-state index contributed by atoms with van der Waals surface area (Å²) in [6.07, 6.45) is 6.13. The highest BCUT2D eigenvalue weighted by atomic mass is 35.5. The van der Waals surface area contributed by atoms with Crippen LogP contribution in [0.2, 0.25) is 5.02 Å². The van der Waals surface area contributed by atoms with Gasteiger partial charge in [-0.25, -0.2) is 4.90 Å². The molecule has 0 spiro atoms. The predicted octanol–water partition coefficient (Wildman–Crippen LogP) is 8.61. The molecule has 0 aromatic heterocycles. The van der Waals surface area contributed by atoms with Gasteiger partial charge in [-0.3, -0.25) is 24.1 Å². The van der Waals surface area contributed by atoms with Gasteiger partial charge in [-0.1, -0.05) is 96.1 Å². The molecule has 11 heteroatoms. The monoisotopic (exact) mass is 820 g/mol. The lowest BCUT2D eigenvalue weighted by atomic mass is 9.49. The first kappa shape index (κ1) is 38.8. The number of hydrogen-bond acceptors (Lipinski definition) is 8. The van der Waals surface area contributed by atoms with Gasteiger partial charge in [0.25, 0.3) is 0 Å². The molecule has 4 aliphatic rings. The maximum atomic E-state index is 15.5. The summed E-state index contributed by atoms with van der Waals surface area (Å²) in [6.45, 7) is 0. The molecule has 2 heterocycles. The molecule has 5 aromatic rings. The van der Waals surface area contributed by atoms with Crippen molar-refractivity contribution >= 4 is 58.8 Å². The Morgan fingerprint density at radius 1 is 0.700 bits per heavy atom. The van der Waals surface area contributed by atoms with E-state index < -0.39 is 46.8 Å². The molecule has 2 saturated heterocycles. The van der Waals surface area contributed by atoms with Crippen LogP contribution in [0.15, 0.2) is 127 Å². The first-order valence-electron chi connectivity index (χ1n) is 19.8. The van der Waals surface area contributed by atoms with Crippen LogP contribution in [0.4, 0.5) is 11.4 Å². The van der Waals surface area contributed by atoms with Crippen molar-refractivity contribution in [2.75, 3.05) is 31.1 Å². The van der Waals surface area contributed by atoms with Gasteiger partial charge in [0.2, 0.25) is 23.6 Å². The zero-order chi connectivity index (χ0) is 41.9. The number of carbonyl (C=O) groups excluding carboxylic acids is 4. The van der Waals surface area contributed by atoms with Crippen LogP contribution in [0.25, 0.3) is 12.2 Å². The van der Waals surface area contributed by atoms with Crippen LogP contribution in [-0.4, -0.2) is 50.1 Å². The van der Waals surface area contributed by atoms with Gasteiger partial charge in [0.1, 0.15) is 11.5 Å². The van der Waals surface area contributed by atoms with E-state index in [1.807, 2.05) is 78.9 Å². The fraction of sp³-hybridized carbons (Fsp3) is 0.224. The molecule has 1 saturated carbocycles. The summed E-state index contributed by atoms with van der Waals surface area (Å²) in [7, 11) is 4.65. The Bertz CT molecular complexity index is 2620. The standard InChI is InChI=1S/C49H41ClN2O8/c1-58-34-21-24-40(59-2)29(25-34)18-15-28-16-19-32(20-17-28)51-45(54)36-23-22-35-38(42(36)47(51)56)27-39-46(55)52(33-12-7-11-31(50)26-33)48(57)49(39,30-9-5-4-6-10-30)43(35)37-13-8-14-41(60-3)44(37)53/h4-22,24-26,36,38-39,42-43,53H,23,27H2,1-3H3/t36-,38+,39-,42-,43+,49+/m0/s1. The van der Waals surface area contributed by atoms with Crippen LogP contribution in [-0.2, 0) is 24.6 Å². The van der Waals surface area contributed by atoms with Gasteiger partial charge >= 0.3 is 0 Å². The van der Waals surface area contributed by atoms with Crippen molar-refractivity contribution in [2.24, 2.45) is 23.7 Å². The molecule has 1 N–H and O–H groups in total. The molecule has 2 aliphatic carbocycles. The van der Waals surface area contributed by atoms with E-state index in [0.29, 0.717) is 39.0 Å². The highest BCUT2D eigenvalue weighted by molar-refractivity contribution is 6.32. The molecular formula is C49H41ClN2O8. The number of hydrogen-bond donors (Lipinski definition) is 1. The van der Waals surface area contributed by atoms with Gasteiger partial charge in [-0.05, 0) is 84.5 Å². The fourth-order valence-electron chi connectivity index (χ4n) is 10.2. The van der Waals surface area contributed by atoms with Crippen LogP contribution in [0.3, 0.4) is 0 Å². The summed E-state index contributed by atoms with van der Waals surface area (Å²) in [5, 5.41) is 12.3. The minimum Gasteiger partial charge on any atom is -0.504 e. The van der Waals surface area contributed by atoms with Crippen molar-refractivity contribution in [1.82, 2.24) is 0 Å². The Hall–Kier alpha value is -6.65. The number of phenolic OH excluding ortho intramolecular Hbond substituents is 1. The topological polar surface area (TPSA) is 123 Å². The number of para-hydroxylation sites is 1. The average Bonchev–Trinajstić information content (AvgIpc) is 3.66.